The van der Waals surface area contributed by atoms with Crippen molar-refractivity contribution >= 4 is 34.8 Å². The van der Waals surface area contributed by atoms with Gasteiger partial charge in [-0.15, -0.1) is 0 Å². The highest BCUT2D eigenvalue weighted by Gasteiger charge is 2.34. The molecule has 0 aromatic heterocycles. The number of hydrogen-bond donors (Lipinski definition) is 2. The molecule has 0 atom stereocenters. The Labute approximate surface area is 195 Å². The Morgan fingerprint density at radius 2 is 1.53 bits per heavy atom. The molecule has 0 spiro atoms. The number of amides is 2. The van der Waals surface area contributed by atoms with Gasteiger partial charge in [0.05, 0.1) is 16.3 Å². The van der Waals surface area contributed by atoms with Crippen LogP contribution < -0.4 is 20.1 Å². The van der Waals surface area contributed by atoms with Crippen LogP contribution in [0.1, 0.15) is 26.3 Å². The molecule has 0 radical (unpaired) electrons. The summed E-state index contributed by atoms with van der Waals surface area (Å²) in [5.41, 5.74) is -1.84. The number of fused-ring (bicyclic) bond motifs is 1. The highest BCUT2D eigenvalue weighted by atomic mass is 35.5. The molecule has 1 aliphatic rings. The average molecular weight is 495 g/mol. The largest absolute Gasteiger partial charge is 0.486 e. The van der Waals surface area contributed by atoms with Crippen LogP contribution in [0.3, 0.4) is 0 Å². The van der Waals surface area contributed by atoms with Gasteiger partial charge in [-0.05, 0) is 54.6 Å². The van der Waals surface area contributed by atoms with E-state index in [9.17, 15) is 27.2 Å². The van der Waals surface area contributed by atoms with E-state index in [1.165, 1.54) is 30.3 Å². The standard InChI is InChI=1S/C23H15ClF4N2O4/c24-17-9-13(10-19-20(17)34-8-7-33-19)22(32)30-18-6-5-15(11-16(18)23(26,27)28)29-21(31)12-1-3-14(25)4-2-12/h1-6,9-11H,7-8H2,(H,29,31)(H,30,32). The first kappa shape index (κ1) is 23.4. The minimum atomic E-state index is -4.84. The zero-order valence-electron chi connectivity index (χ0n) is 17.1. The Balaban J connectivity index is 1.58. The van der Waals surface area contributed by atoms with E-state index in [1.807, 2.05) is 0 Å². The third-order valence-corrected chi connectivity index (χ3v) is 5.08. The monoisotopic (exact) mass is 494 g/mol. The molecule has 0 saturated carbocycles. The summed E-state index contributed by atoms with van der Waals surface area (Å²) in [6.45, 7) is 0.509. The van der Waals surface area contributed by atoms with Crippen LogP contribution in [-0.2, 0) is 6.18 Å². The number of anilines is 2. The van der Waals surface area contributed by atoms with Gasteiger partial charge in [-0.3, -0.25) is 9.59 Å². The topological polar surface area (TPSA) is 76.7 Å². The molecule has 6 nitrogen and oxygen atoms in total. The minimum absolute atomic E-state index is 0.0314. The predicted octanol–water partition coefficient (Wildman–Crippen LogP) is 5.77. The van der Waals surface area contributed by atoms with E-state index in [-0.39, 0.29) is 46.5 Å². The summed E-state index contributed by atoms with van der Waals surface area (Å²) in [7, 11) is 0. The summed E-state index contributed by atoms with van der Waals surface area (Å²) >= 11 is 6.10. The minimum Gasteiger partial charge on any atom is -0.486 e. The number of ether oxygens (including phenoxy) is 2. The summed E-state index contributed by atoms with van der Waals surface area (Å²) < 4.78 is 64.9. The summed E-state index contributed by atoms with van der Waals surface area (Å²) in [5, 5.41) is 4.62. The maximum absolute atomic E-state index is 13.7. The Hall–Kier alpha value is -3.79. The summed E-state index contributed by atoms with van der Waals surface area (Å²) in [6, 6.07) is 9.98. The summed E-state index contributed by atoms with van der Waals surface area (Å²) in [6.07, 6.45) is -4.84. The van der Waals surface area contributed by atoms with Gasteiger partial charge in [0.15, 0.2) is 11.5 Å². The Kier molecular flexibility index (Phi) is 6.34. The third-order valence-electron chi connectivity index (χ3n) is 4.80. The van der Waals surface area contributed by atoms with Gasteiger partial charge in [-0.25, -0.2) is 4.39 Å². The van der Waals surface area contributed by atoms with Gasteiger partial charge in [0.1, 0.15) is 19.0 Å². The average Bonchev–Trinajstić information content (AvgIpc) is 2.79. The van der Waals surface area contributed by atoms with Crippen molar-refractivity contribution in [3.05, 3.63) is 82.1 Å². The smallest absolute Gasteiger partial charge is 0.418 e. The molecule has 11 heteroatoms. The lowest BCUT2D eigenvalue weighted by Gasteiger charge is -2.20. The Bertz CT molecular complexity index is 1260. The molecule has 3 aromatic carbocycles. The molecular formula is C23H15ClF4N2O4. The fourth-order valence-corrected chi connectivity index (χ4v) is 3.47. The number of halogens is 5. The molecule has 0 bridgehead atoms. The lowest BCUT2D eigenvalue weighted by Crippen LogP contribution is -2.19. The van der Waals surface area contributed by atoms with E-state index in [4.69, 9.17) is 21.1 Å². The normalized spacial score (nSPS) is 12.7. The molecule has 0 aliphatic carbocycles. The van der Waals surface area contributed by atoms with Crippen LogP contribution in [0.25, 0.3) is 0 Å². The molecule has 2 amide bonds. The number of nitrogens with one attached hydrogen (secondary N) is 2. The number of rotatable bonds is 4. The molecule has 0 fully saturated rings. The van der Waals surface area contributed by atoms with Gasteiger partial charge in [0.2, 0.25) is 0 Å². The van der Waals surface area contributed by atoms with E-state index >= 15 is 0 Å². The zero-order chi connectivity index (χ0) is 24.5. The van der Waals surface area contributed by atoms with Crippen molar-refractivity contribution in [2.45, 2.75) is 6.18 Å². The van der Waals surface area contributed by atoms with Gasteiger partial charge >= 0.3 is 6.18 Å². The fraction of sp³-hybridized carbons (Fsp3) is 0.130. The second-order valence-corrected chi connectivity index (χ2v) is 7.56. The maximum atomic E-state index is 13.7. The highest BCUT2D eigenvalue weighted by Crippen LogP contribution is 2.40. The molecule has 1 aliphatic heterocycles. The number of hydrogen-bond acceptors (Lipinski definition) is 4. The van der Waals surface area contributed by atoms with E-state index in [0.29, 0.717) is 6.07 Å². The van der Waals surface area contributed by atoms with Gasteiger partial charge in [-0.2, -0.15) is 13.2 Å². The van der Waals surface area contributed by atoms with Crippen molar-refractivity contribution in [1.82, 2.24) is 0 Å². The van der Waals surface area contributed by atoms with Crippen LogP contribution in [0.2, 0.25) is 5.02 Å². The first-order chi connectivity index (χ1) is 16.1. The zero-order valence-corrected chi connectivity index (χ0v) is 17.9. The molecule has 4 rings (SSSR count). The highest BCUT2D eigenvalue weighted by molar-refractivity contribution is 6.32. The van der Waals surface area contributed by atoms with Crippen LogP contribution in [0.15, 0.2) is 54.6 Å². The quantitative estimate of drug-likeness (QED) is 0.451. The van der Waals surface area contributed by atoms with Gasteiger partial charge in [0, 0.05) is 16.8 Å². The molecule has 34 heavy (non-hydrogen) atoms. The van der Waals surface area contributed by atoms with Gasteiger partial charge < -0.3 is 20.1 Å². The first-order valence-electron chi connectivity index (χ1n) is 9.80. The van der Waals surface area contributed by atoms with Gasteiger partial charge in [0.25, 0.3) is 11.8 Å². The predicted molar refractivity (Wildman–Crippen MR) is 116 cm³/mol. The molecule has 0 saturated heterocycles. The fourth-order valence-electron chi connectivity index (χ4n) is 3.21. The van der Waals surface area contributed by atoms with Crippen LogP contribution in [0.5, 0.6) is 11.5 Å². The molecular weight excluding hydrogens is 480 g/mol. The molecule has 1 heterocycles. The van der Waals surface area contributed by atoms with E-state index in [1.54, 1.807) is 0 Å². The van der Waals surface area contributed by atoms with Crippen LogP contribution in [-0.4, -0.2) is 25.0 Å². The van der Waals surface area contributed by atoms with Crippen LogP contribution in [0.4, 0.5) is 28.9 Å². The van der Waals surface area contributed by atoms with Crippen molar-refractivity contribution < 1.29 is 36.6 Å². The SMILES string of the molecule is O=C(Nc1ccc(NC(=O)c2cc(Cl)c3c(c2)OCCO3)c(C(F)(F)F)c1)c1ccc(F)cc1. The van der Waals surface area contributed by atoms with Gasteiger partial charge in [-0.1, -0.05) is 11.6 Å². The molecule has 176 valence electrons. The van der Waals surface area contributed by atoms with Crippen molar-refractivity contribution in [3.8, 4) is 11.5 Å². The summed E-state index contributed by atoms with van der Waals surface area (Å²) in [5.74, 6) is -1.68. The lowest BCUT2D eigenvalue weighted by molar-refractivity contribution is -0.136. The Morgan fingerprint density at radius 3 is 2.24 bits per heavy atom. The molecule has 2 N–H and O–H groups in total. The lowest BCUT2D eigenvalue weighted by atomic mass is 10.1. The van der Waals surface area contributed by atoms with Crippen molar-refractivity contribution in [3.63, 3.8) is 0 Å². The summed E-state index contributed by atoms with van der Waals surface area (Å²) in [4.78, 5) is 24.9. The van der Waals surface area contributed by atoms with Crippen molar-refractivity contribution in [2.75, 3.05) is 23.8 Å². The molecule has 3 aromatic rings. The van der Waals surface area contributed by atoms with E-state index in [2.05, 4.69) is 10.6 Å². The van der Waals surface area contributed by atoms with Crippen LogP contribution >= 0.6 is 11.6 Å². The van der Waals surface area contributed by atoms with E-state index in [0.717, 1.165) is 18.2 Å². The number of alkyl halides is 3. The third kappa shape index (κ3) is 5.07. The Morgan fingerprint density at radius 1 is 0.853 bits per heavy atom. The van der Waals surface area contributed by atoms with Crippen molar-refractivity contribution in [2.24, 2.45) is 0 Å². The second-order valence-electron chi connectivity index (χ2n) is 7.16. The number of carbonyl (C=O) groups is 2. The maximum Gasteiger partial charge on any atom is 0.418 e. The second kappa shape index (κ2) is 9.22. The number of benzene rings is 3. The van der Waals surface area contributed by atoms with Crippen LogP contribution in [0, 0.1) is 5.82 Å². The number of carbonyl (C=O) groups excluding carboxylic acids is 2. The van der Waals surface area contributed by atoms with Crippen molar-refractivity contribution in [1.29, 1.82) is 0 Å². The first-order valence-corrected chi connectivity index (χ1v) is 10.2. The molecule has 0 unspecified atom stereocenters. The van der Waals surface area contributed by atoms with E-state index < -0.39 is 35.1 Å².